The number of dihydropyridines is 1. The van der Waals surface area contributed by atoms with E-state index in [1.165, 1.54) is 6.26 Å². The first-order valence-electron chi connectivity index (χ1n) is 12.4. The number of hydrogen-bond donors (Lipinski definition) is 1. The van der Waals surface area contributed by atoms with Gasteiger partial charge in [-0.1, -0.05) is 18.2 Å². The zero-order valence-corrected chi connectivity index (χ0v) is 21.9. The van der Waals surface area contributed by atoms with Gasteiger partial charge >= 0.3 is 5.97 Å². The average Bonchev–Trinajstić information content (AvgIpc) is 3.41. The van der Waals surface area contributed by atoms with Crippen LogP contribution in [0.1, 0.15) is 55.9 Å². The maximum atomic E-state index is 13.7. The fourth-order valence-electron chi connectivity index (χ4n) is 5.13. The predicted octanol–water partition coefficient (Wildman–Crippen LogP) is 5.18. The molecule has 2 atom stereocenters. The molecule has 2 aromatic heterocycles. The second-order valence-electron chi connectivity index (χ2n) is 9.60. The Morgan fingerprint density at radius 1 is 1.14 bits per heavy atom. The van der Waals surface area contributed by atoms with E-state index in [0.29, 0.717) is 35.1 Å². The van der Waals surface area contributed by atoms with Gasteiger partial charge in [0.1, 0.15) is 12.2 Å². The van der Waals surface area contributed by atoms with E-state index in [-0.39, 0.29) is 47.6 Å². The molecule has 8 heteroatoms. The lowest BCUT2D eigenvalue weighted by Crippen LogP contribution is -2.37. The van der Waals surface area contributed by atoms with Crippen LogP contribution in [0.15, 0.2) is 79.8 Å². The summed E-state index contributed by atoms with van der Waals surface area (Å²) in [6, 6.07) is 11.0. The van der Waals surface area contributed by atoms with Crippen LogP contribution in [0.4, 0.5) is 0 Å². The van der Waals surface area contributed by atoms with Gasteiger partial charge in [0, 0.05) is 39.7 Å². The number of fused-ring (bicyclic) bond motifs is 1. The predicted molar refractivity (Wildman–Crippen MR) is 141 cm³/mol. The van der Waals surface area contributed by atoms with Crippen LogP contribution in [0.3, 0.4) is 0 Å². The molecule has 2 aliphatic rings. The van der Waals surface area contributed by atoms with Gasteiger partial charge in [0.05, 0.1) is 35.9 Å². The van der Waals surface area contributed by atoms with Crippen LogP contribution in [0.25, 0.3) is 11.0 Å². The molecule has 0 radical (unpaired) electrons. The van der Waals surface area contributed by atoms with Gasteiger partial charge in [-0.15, -0.1) is 11.3 Å². The van der Waals surface area contributed by atoms with E-state index in [9.17, 15) is 14.4 Å². The number of allylic oxidation sites excluding steroid dienone is 3. The molecule has 0 spiro atoms. The van der Waals surface area contributed by atoms with E-state index < -0.39 is 11.9 Å². The third-order valence-corrected chi connectivity index (χ3v) is 7.81. The number of Topliss-reactive ketones (excluding diaryl/α,β-unsaturated/α-hetero) is 1. The Morgan fingerprint density at radius 2 is 1.95 bits per heavy atom. The number of ketones is 1. The molecule has 3 aromatic rings. The Kier molecular flexibility index (Phi) is 7.13. The normalized spacial score (nSPS) is 19.8. The topological polar surface area (TPSA) is 94.8 Å². The number of ether oxygens (including phenoxy) is 2. The molecule has 0 saturated carbocycles. The second-order valence-corrected chi connectivity index (χ2v) is 10.6. The van der Waals surface area contributed by atoms with E-state index in [2.05, 4.69) is 5.32 Å². The summed E-state index contributed by atoms with van der Waals surface area (Å²) in [4.78, 5) is 41.9. The summed E-state index contributed by atoms with van der Waals surface area (Å²) in [5, 5.41) is 5.72. The maximum absolute atomic E-state index is 13.7. The summed E-state index contributed by atoms with van der Waals surface area (Å²) in [5.74, 6) is -1.52. The molecule has 192 valence electrons. The summed E-state index contributed by atoms with van der Waals surface area (Å²) in [6.45, 7) is 5.90. The summed E-state index contributed by atoms with van der Waals surface area (Å²) < 4.78 is 16.9. The van der Waals surface area contributed by atoms with E-state index in [1.807, 2.05) is 31.4 Å². The third-order valence-electron chi connectivity index (χ3n) is 6.78. The number of esters is 1. The lowest BCUT2D eigenvalue weighted by atomic mass is 9.73. The van der Waals surface area contributed by atoms with E-state index in [4.69, 9.17) is 13.9 Å². The molecular weight excluding hydrogens is 490 g/mol. The number of benzene rings is 1. The largest absolute Gasteiger partial charge is 0.464 e. The summed E-state index contributed by atoms with van der Waals surface area (Å²) in [7, 11) is 0. The first kappa shape index (κ1) is 25.2. The highest BCUT2D eigenvalue weighted by Gasteiger charge is 2.43. The van der Waals surface area contributed by atoms with Gasteiger partial charge in [-0.2, -0.15) is 0 Å². The van der Waals surface area contributed by atoms with Crippen LogP contribution in [-0.4, -0.2) is 31.1 Å². The molecule has 0 amide bonds. The SMILES string of the molecule is CC1=C(C(=O)OCCOC(C)C)[C@H](c2coc3ccccc3c2=O)C2=C(C[C@H](c3cccs3)CC2=O)N1. The number of nitrogens with one attached hydrogen (secondary N) is 1. The van der Waals surface area contributed by atoms with Crippen LogP contribution in [-0.2, 0) is 19.1 Å². The van der Waals surface area contributed by atoms with Crippen molar-refractivity contribution in [1.29, 1.82) is 0 Å². The highest BCUT2D eigenvalue weighted by Crippen LogP contribution is 2.45. The third kappa shape index (κ3) is 4.91. The van der Waals surface area contributed by atoms with Crippen LogP contribution in [0.5, 0.6) is 0 Å². The van der Waals surface area contributed by atoms with Crippen molar-refractivity contribution in [3.63, 3.8) is 0 Å². The Bertz CT molecular complexity index is 1460. The van der Waals surface area contributed by atoms with Crippen LogP contribution in [0.2, 0.25) is 0 Å². The lowest BCUT2D eigenvalue weighted by Gasteiger charge is -2.36. The van der Waals surface area contributed by atoms with Crippen molar-refractivity contribution in [2.24, 2.45) is 0 Å². The molecule has 7 nitrogen and oxygen atoms in total. The van der Waals surface area contributed by atoms with E-state index in [1.54, 1.807) is 42.5 Å². The van der Waals surface area contributed by atoms with Gasteiger partial charge < -0.3 is 19.2 Å². The molecule has 1 aliphatic heterocycles. The molecule has 37 heavy (non-hydrogen) atoms. The molecule has 0 fully saturated rings. The fourth-order valence-corrected chi connectivity index (χ4v) is 5.96. The maximum Gasteiger partial charge on any atom is 0.336 e. The standard InChI is InChI=1S/C29H29NO6S/c1-16(2)34-10-11-35-29(33)25-17(3)30-21-13-18(24-9-6-12-37-24)14-22(31)27(21)26(25)20-15-36-23-8-5-4-7-19(23)28(20)32/h4-9,12,15-16,18,26,30H,10-11,13-14H2,1-3H3/t18-,26-/m0/s1. The molecule has 0 unspecified atom stereocenters. The smallest absolute Gasteiger partial charge is 0.336 e. The summed E-state index contributed by atoms with van der Waals surface area (Å²) >= 11 is 1.63. The molecular formula is C29H29NO6S. The number of thiophene rings is 1. The first-order valence-corrected chi connectivity index (χ1v) is 13.3. The second kappa shape index (κ2) is 10.5. The van der Waals surface area contributed by atoms with E-state index in [0.717, 1.165) is 10.6 Å². The Balaban J connectivity index is 1.58. The van der Waals surface area contributed by atoms with Gasteiger partial charge in [-0.3, -0.25) is 9.59 Å². The zero-order valence-electron chi connectivity index (χ0n) is 21.0. The van der Waals surface area contributed by atoms with Crippen LogP contribution in [0, 0.1) is 0 Å². The van der Waals surface area contributed by atoms with Crippen molar-refractivity contribution in [3.05, 3.63) is 91.2 Å². The van der Waals surface area contributed by atoms with Gasteiger partial charge in [-0.05, 0) is 50.8 Å². The van der Waals surface area contributed by atoms with Gasteiger partial charge in [0.2, 0.25) is 0 Å². The Hall–Kier alpha value is -3.49. The van der Waals surface area contributed by atoms with Crippen molar-refractivity contribution >= 4 is 34.1 Å². The first-order chi connectivity index (χ1) is 17.8. The molecule has 1 N–H and O–H groups in total. The lowest BCUT2D eigenvalue weighted by molar-refractivity contribution is -0.141. The average molecular weight is 520 g/mol. The highest BCUT2D eigenvalue weighted by atomic mass is 32.1. The minimum Gasteiger partial charge on any atom is -0.464 e. The van der Waals surface area contributed by atoms with Crippen molar-refractivity contribution in [3.8, 4) is 0 Å². The van der Waals surface area contributed by atoms with Gasteiger partial charge in [0.25, 0.3) is 0 Å². The molecule has 3 heterocycles. The monoisotopic (exact) mass is 519 g/mol. The molecule has 0 saturated heterocycles. The number of hydrogen-bond acceptors (Lipinski definition) is 8. The minimum absolute atomic E-state index is 0.00912. The van der Waals surface area contributed by atoms with Gasteiger partial charge in [-0.25, -0.2) is 4.79 Å². The van der Waals surface area contributed by atoms with Crippen molar-refractivity contribution < 1.29 is 23.5 Å². The minimum atomic E-state index is -0.882. The van der Waals surface area contributed by atoms with Crippen LogP contribution < -0.4 is 10.7 Å². The fraction of sp³-hybridized carbons (Fsp3) is 0.345. The van der Waals surface area contributed by atoms with Crippen LogP contribution >= 0.6 is 11.3 Å². The molecule has 5 rings (SSSR count). The van der Waals surface area contributed by atoms with Crippen molar-refractivity contribution in [2.75, 3.05) is 13.2 Å². The van der Waals surface area contributed by atoms with E-state index >= 15 is 0 Å². The van der Waals surface area contributed by atoms with Gasteiger partial charge in [0.15, 0.2) is 11.2 Å². The van der Waals surface area contributed by atoms with Crippen molar-refractivity contribution in [1.82, 2.24) is 5.32 Å². The number of carbonyl (C=O) groups is 2. The molecule has 1 aliphatic carbocycles. The Labute approximate surface area is 218 Å². The quantitative estimate of drug-likeness (QED) is 0.339. The highest BCUT2D eigenvalue weighted by molar-refractivity contribution is 7.10. The molecule has 0 bridgehead atoms. The summed E-state index contributed by atoms with van der Waals surface area (Å²) in [6.07, 6.45) is 2.31. The Morgan fingerprint density at radius 3 is 2.70 bits per heavy atom. The number of carbonyl (C=O) groups excluding carboxylic acids is 2. The molecule has 1 aromatic carbocycles. The summed E-state index contributed by atoms with van der Waals surface area (Å²) in [5.41, 5.74) is 2.41. The zero-order chi connectivity index (χ0) is 26.1. The van der Waals surface area contributed by atoms with Crippen molar-refractivity contribution in [2.45, 2.75) is 51.6 Å². The number of rotatable bonds is 7. The number of para-hydroxylation sites is 1.